The van der Waals surface area contributed by atoms with Crippen LogP contribution in [-0.2, 0) is 0 Å². The van der Waals surface area contributed by atoms with Crippen LogP contribution in [0, 0.1) is 5.82 Å². The zero-order chi connectivity index (χ0) is 13.8. The smallest absolute Gasteiger partial charge is 0.343 e. The molecule has 4 heteroatoms. The van der Waals surface area contributed by atoms with E-state index in [0.717, 1.165) is 5.69 Å². The predicted octanol–water partition coefficient (Wildman–Crippen LogP) is 3.11. The molecule has 0 atom stereocenters. The first-order valence-electron chi connectivity index (χ1n) is 5.81. The van der Waals surface area contributed by atoms with Gasteiger partial charge in [-0.1, -0.05) is 0 Å². The third kappa shape index (κ3) is 3.31. The first-order chi connectivity index (χ1) is 9.06. The van der Waals surface area contributed by atoms with Crippen molar-refractivity contribution in [2.45, 2.75) is 0 Å². The molecule has 2 aromatic rings. The Balaban J connectivity index is 2.09. The minimum Gasteiger partial charge on any atom is -0.423 e. The lowest BCUT2D eigenvalue weighted by atomic mass is 10.2. The SMILES string of the molecule is CN(C)c1ccc(C(=O)Oc2ccc(F)cc2)cc1. The van der Waals surface area contributed by atoms with Gasteiger partial charge in [-0.05, 0) is 48.5 Å². The normalized spacial score (nSPS) is 10.1. The second kappa shape index (κ2) is 5.52. The Morgan fingerprint density at radius 1 is 1.00 bits per heavy atom. The molecule has 98 valence electrons. The monoisotopic (exact) mass is 259 g/mol. The number of nitrogens with zero attached hydrogens (tertiary/aromatic N) is 1. The topological polar surface area (TPSA) is 29.5 Å². The van der Waals surface area contributed by atoms with E-state index in [4.69, 9.17) is 4.74 Å². The van der Waals surface area contributed by atoms with Crippen LogP contribution in [0.2, 0.25) is 0 Å². The molecule has 0 saturated heterocycles. The van der Waals surface area contributed by atoms with E-state index >= 15 is 0 Å². The molecule has 0 spiro atoms. The van der Waals surface area contributed by atoms with Gasteiger partial charge in [-0.3, -0.25) is 0 Å². The van der Waals surface area contributed by atoms with Crippen molar-refractivity contribution in [3.63, 3.8) is 0 Å². The summed E-state index contributed by atoms with van der Waals surface area (Å²) < 4.78 is 17.9. The van der Waals surface area contributed by atoms with E-state index in [-0.39, 0.29) is 5.82 Å². The summed E-state index contributed by atoms with van der Waals surface area (Å²) in [7, 11) is 3.84. The molecule has 3 nitrogen and oxygen atoms in total. The number of hydrogen-bond acceptors (Lipinski definition) is 3. The van der Waals surface area contributed by atoms with E-state index in [0.29, 0.717) is 11.3 Å². The van der Waals surface area contributed by atoms with E-state index < -0.39 is 5.97 Å². The highest BCUT2D eigenvalue weighted by molar-refractivity contribution is 5.91. The van der Waals surface area contributed by atoms with Crippen molar-refractivity contribution in [3.05, 3.63) is 59.9 Å². The molecule has 0 bridgehead atoms. The van der Waals surface area contributed by atoms with Gasteiger partial charge in [0.15, 0.2) is 0 Å². The average molecular weight is 259 g/mol. The fourth-order valence-electron chi connectivity index (χ4n) is 1.56. The molecule has 19 heavy (non-hydrogen) atoms. The van der Waals surface area contributed by atoms with Gasteiger partial charge in [0.2, 0.25) is 0 Å². The minimum atomic E-state index is -0.461. The maximum absolute atomic E-state index is 12.7. The molecule has 0 aliphatic rings. The predicted molar refractivity (Wildman–Crippen MR) is 72.1 cm³/mol. The maximum Gasteiger partial charge on any atom is 0.343 e. The number of rotatable bonds is 3. The van der Waals surface area contributed by atoms with E-state index in [9.17, 15) is 9.18 Å². The number of ether oxygens (including phenoxy) is 1. The van der Waals surface area contributed by atoms with Crippen LogP contribution < -0.4 is 9.64 Å². The zero-order valence-electron chi connectivity index (χ0n) is 10.8. The number of halogens is 1. The molecule has 0 N–H and O–H groups in total. The van der Waals surface area contributed by atoms with Gasteiger partial charge < -0.3 is 9.64 Å². The van der Waals surface area contributed by atoms with Crippen LogP contribution in [0.5, 0.6) is 5.75 Å². The molecule has 0 radical (unpaired) electrons. The Kier molecular flexibility index (Phi) is 3.80. The Hall–Kier alpha value is -2.36. The van der Waals surface area contributed by atoms with Gasteiger partial charge in [-0.15, -0.1) is 0 Å². The Morgan fingerprint density at radius 3 is 2.11 bits per heavy atom. The number of anilines is 1. The summed E-state index contributed by atoms with van der Waals surface area (Å²) in [5.74, 6) is -0.505. The van der Waals surface area contributed by atoms with Crippen LogP contribution in [0.4, 0.5) is 10.1 Å². The van der Waals surface area contributed by atoms with Crippen LogP contribution in [-0.4, -0.2) is 20.1 Å². The fraction of sp³-hybridized carbons (Fsp3) is 0.133. The van der Waals surface area contributed by atoms with Crippen LogP contribution in [0.3, 0.4) is 0 Å². The van der Waals surface area contributed by atoms with E-state index in [1.165, 1.54) is 24.3 Å². The maximum atomic E-state index is 12.7. The molecular formula is C15H14FNO2. The molecule has 2 aromatic carbocycles. The number of esters is 1. The second-order valence-electron chi connectivity index (χ2n) is 4.28. The van der Waals surface area contributed by atoms with Crippen molar-refractivity contribution >= 4 is 11.7 Å². The highest BCUT2D eigenvalue weighted by Gasteiger charge is 2.08. The summed E-state index contributed by atoms with van der Waals surface area (Å²) in [6.45, 7) is 0. The van der Waals surface area contributed by atoms with E-state index in [1.807, 2.05) is 31.1 Å². The molecule has 0 fully saturated rings. The molecule has 0 amide bonds. The fourth-order valence-corrected chi connectivity index (χ4v) is 1.56. The highest BCUT2D eigenvalue weighted by atomic mass is 19.1. The summed E-state index contributed by atoms with van der Waals surface area (Å²) in [5, 5.41) is 0. The van der Waals surface area contributed by atoms with Gasteiger partial charge in [0.25, 0.3) is 0 Å². The van der Waals surface area contributed by atoms with Gasteiger partial charge in [-0.25, -0.2) is 9.18 Å². The standard InChI is InChI=1S/C15H14FNO2/c1-17(2)13-7-3-11(4-8-13)15(18)19-14-9-5-12(16)6-10-14/h3-10H,1-2H3. The Labute approximate surface area is 111 Å². The third-order valence-electron chi connectivity index (χ3n) is 2.64. The number of hydrogen-bond donors (Lipinski definition) is 0. The van der Waals surface area contributed by atoms with Crippen LogP contribution in [0.1, 0.15) is 10.4 Å². The molecular weight excluding hydrogens is 245 g/mol. The molecule has 2 rings (SSSR count). The van der Waals surface area contributed by atoms with Gasteiger partial charge in [0.05, 0.1) is 5.56 Å². The molecule has 0 aromatic heterocycles. The summed E-state index contributed by atoms with van der Waals surface area (Å²) in [5.41, 5.74) is 1.45. The second-order valence-corrected chi connectivity index (χ2v) is 4.28. The lowest BCUT2D eigenvalue weighted by Gasteiger charge is -2.12. The number of carbonyl (C=O) groups excluding carboxylic acids is 1. The summed E-state index contributed by atoms with van der Waals surface area (Å²) in [6.07, 6.45) is 0. The van der Waals surface area contributed by atoms with Crippen LogP contribution in [0.15, 0.2) is 48.5 Å². The van der Waals surface area contributed by atoms with Gasteiger partial charge in [-0.2, -0.15) is 0 Å². The zero-order valence-corrected chi connectivity index (χ0v) is 10.8. The van der Waals surface area contributed by atoms with Gasteiger partial charge in [0, 0.05) is 19.8 Å². The van der Waals surface area contributed by atoms with Crippen molar-refractivity contribution in [1.82, 2.24) is 0 Å². The molecule has 0 unspecified atom stereocenters. The third-order valence-corrected chi connectivity index (χ3v) is 2.64. The first-order valence-corrected chi connectivity index (χ1v) is 5.81. The molecule has 0 aliphatic heterocycles. The minimum absolute atomic E-state index is 0.322. The van der Waals surface area contributed by atoms with Gasteiger partial charge >= 0.3 is 5.97 Å². The molecule has 0 saturated carbocycles. The van der Waals surface area contributed by atoms with Crippen LogP contribution >= 0.6 is 0 Å². The van der Waals surface area contributed by atoms with Crippen molar-refractivity contribution in [2.75, 3.05) is 19.0 Å². The summed E-state index contributed by atoms with van der Waals surface area (Å²) in [4.78, 5) is 13.8. The van der Waals surface area contributed by atoms with Crippen LogP contribution in [0.25, 0.3) is 0 Å². The molecule has 0 heterocycles. The number of carbonyl (C=O) groups is 1. The van der Waals surface area contributed by atoms with Gasteiger partial charge in [0.1, 0.15) is 11.6 Å². The lowest BCUT2D eigenvalue weighted by Crippen LogP contribution is -2.11. The van der Waals surface area contributed by atoms with Crippen molar-refractivity contribution in [1.29, 1.82) is 0 Å². The largest absolute Gasteiger partial charge is 0.423 e. The average Bonchev–Trinajstić information content (AvgIpc) is 2.41. The van der Waals surface area contributed by atoms with Crippen molar-refractivity contribution in [2.24, 2.45) is 0 Å². The highest BCUT2D eigenvalue weighted by Crippen LogP contribution is 2.16. The lowest BCUT2D eigenvalue weighted by molar-refractivity contribution is 0.0734. The number of benzene rings is 2. The quantitative estimate of drug-likeness (QED) is 0.626. The Bertz CT molecular complexity index is 562. The Morgan fingerprint density at radius 2 is 1.58 bits per heavy atom. The van der Waals surface area contributed by atoms with E-state index in [1.54, 1.807) is 12.1 Å². The first kappa shape index (κ1) is 13.1. The molecule has 0 aliphatic carbocycles. The summed E-state index contributed by atoms with van der Waals surface area (Å²) >= 11 is 0. The van der Waals surface area contributed by atoms with Crippen molar-refractivity contribution < 1.29 is 13.9 Å². The summed E-state index contributed by atoms with van der Waals surface area (Å²) in [6, 6.07) is 12.4. The van der Waals surface area contributed by atoms with E-state index in [2.05, 4.69) is 0 Å². The van der Waals surface area contributed by atoms with Crippen molar-refractivity contribution in [3.8, 4) is 5.75 Å².